The predicted octanol–water partition coefficient (Wildman–Crippen LogP) is 10.2. The van der Waals surface area contributed by atoms with Crippen LogP contribution in [0.5, 0.6) is 0 Å². The van der Waals surface area contributed by atoms with Crippen LogP contribution in [0.25, 0.3) is 0 Å². The van der Waals surface area contributed by atoms with E-state index in [1.807, 2.05) is 27.5 Å². The molecule has 0 unspecified atom stereocenters. The van der Waals surface area contributed by atoms with Gasteiger partial charge in [0.25, 0.3) is 17.7 Å². The van der Waals surface area contributed by atoms with Gasteiger partial charge in [-0.05, 0) is 144 Å². The van der Waals surface area contributed by atoms with Crippen molar-refractivity contribution in [2.75, 3.05) is 58.7 Å². The first-order valence-corrected chi connectivity index (χ1v) is 41.0. The minimum Gasteiger partial charge on any atom is -0.365 e. The Hall–Kier alpha value is -8.44. The molecule has 6 heterocycles. The molecule has 3 aliphatic heterocycles. The molecule has 0 atom stereocenters. The minimum absolute atomic E-state index is 0.0144. The maximum atomic E-state index is 13.1. The van der Waals surface area contributed by atoms with E-state index in [1.54, 1.807) is 83.1 Å². The highest BCUT2D eigenvalue weighted by molar-refractivity contribution is 7.91. The molecule has 109 heavy (non-hydrogen) atoms. The average molecular weight is 1590 g/mol. The first kappa shape index (κ1) is 84.6. The Morgan fingerprint density at radius 3 is 1.23 bits per heavy atom. The molecule has 3 aromatic heterocycles. The number of amides is 4. The molecule has 0 spiro atoms. The van der Waals surface area contributed by atoms with Gasteiger partial charge in [0.15, 0.2) is 9.84 Å². The lowest BCUT2D eigenvalue weighted by molar-refractivity contribution is -0.216. The van der Waals surface area contributed by atoms with Crippen molar-refractivity contribution in [3.63, 3.8) is 0 Å². The lowest BCUT2D eigenvalue weighted by Crippen LogP contribution is -2.58. The molecule has 0 radical (unpaired) electrons. The molecule has 6 aromatic rings. The van der Waals surface area contributed by atoms with Crippen molar-refractivity contribution in [1.29, 1.82) is 10.5 Å². The summed E-state index contributed by atoms with van der Waals surface area (Å²) in [7, 11) is -11.4. The SMILES string of the molecule is CCC1(n2cc(C(N)=O)c(Cc3ccc(S(=O)(=O)C(F)F)cc3)n2)CCN(C(=O)CC#N)CC1.CCC1(n2cc(C(N)=O)c(Cc3ccc(S(C)(=O)=O)cc3)n2)CCC(N2CC(C(F)(F)F)C2)CC1.CCOP(=O)(OCC)c1ccc(Cc2nn(C3(CC#N)CCC(N4CC(C(F)(F)F)C4)CC3)cc2C(N)=O)cc1. The Morgan fingerprint density at radius 2 is 0.908 bits per heavy atom. The second kappa shape index (κ2) is 34.4. The second-order valence-corrected chi connectivity index (χ2v) is 34.5. The fraction of sp³-hybridized carbons (Fsp3) is 0.548. The second-order valence-electron chi connectivity index (χ2n) is 28.6. The molecule has 592 valence electrons. The molecule has 4 amide bonds. The number of carbonyl (C=O) groups is 4. The zero-order valence-electron chi connectivity index (χ0n) is 61.2. The smallest absolute Gasteiger partial charge is 0.365 e. The number of carbonyl (C=O) groups excluding carboxylic acids is 4. The first-order chi connectivity index (χ1) is 51.3. The Bertz CT molecular complexity index is 4570. The summed E-state index contributed by atoms with van der Waals surface area (Å²) in [4.78, 5) is 53.8. The third-order valence-corrected chi connectivity index (χ3v) is 26.6. The van der Waals surface area contributed by atoms with Gasteiger partial charge >= 0.3 is 25.7 Å². The number of nitrogens with zero attached hydrogens (tertiary/aromatic N) is 11. The lowest BCUT2D eigenvalue weighted by Gasteiger charge is -2.49. The first-order valence-electron chi connectivity index (χ1n) is 36.0. The van der Waals surface area contributed by atoms with Crippen molar-refractivity contribution in [3.8, 4) is 12.1 Å². The fourth-order valence-corrected chi connectivity index (χ4v) is 18.1. The molecular weight excluding hydrogens is 1500 g/mol. The number of nitrogens with two attached hydrogens (primary N) is 3. The van der Waals surface area contributed by atoms with Gasteiger partial charge in [0.1, 0.15) is 6.42 Å². The van der Waals surface area contributed by atoms with Gasteiger partial charge in [-0.25, -0.2) is 16.8 Å². The summed E-state index contributed by atoms with van der Waals surface area (Å²) in [6.07, 6.45) is 6.49. The largest absolute Gasteiger partial charge is 0.394 e. The number of primary amides is 3. The van der Waals surface area contributed by atoms with Crippen molar-refractivity contribution in [2.45, 2.75) is 193 Å². The van der Waals surface area contributed by atoms with Crippen molar-refractivity contribution in [2.24, 2.45) is 29.0 Å². The lowest BCUT2D eigenvalue weighted by atomic mass is 9.76. The number of sulfone groups is 2. The van der Waals surface area contributed by atoms with Crippen LogP contribution in [-0.4, -0.2) is 173 Å². The number of likely N-dealkylation sites (tertiary alicyclic amines) is 3. The molecule has 3 saturated heterocycles. The van der Waals surface area contributed by atoms with Gasteiger partial charge in [0, 0.05) is 95.5 Å². The number of piperidine rings is 1. The third-order valence-electron chi connectivity index (χ3n) is 22.0. The van der Waals surface area contributed by atoms with Gasteiger partial charge < -0.3 is 31.1 Å². The zero-order chi connectivity index (χ0) is 79.8. The Morgan fingerprint density at radius 1 is 0.560 bits per heavy atom. The summed E-state index contributed by atoms with van der Waals surface area (Å²) in [6.45, 7) is 9.06. The van der Waals surface area contributed by atoms with Crippen molar-refractivity contribution in [3.05, 3.63) is 142 Å². The highest BCUT2D eigenvalue weighted by atomic mass is 32.2. The molecule has 3 aromatic carbocycles. The fourth-order valence-electron chi connectivity index (χ4n) is 15.1. The number of benzene rings is 3. The standard InChI is InChI=1S/C27H35F3N5O4P.C24H31F3N4O3S.C22H25F2N5O4S/c1-3-38-40(37,39-4-2)22-7-5-19(6-8-22)15-24-23(25(32)36)18-35(33-24)26(13-14-31)11-9-21(10-12-26)34-16-20(17-34)27(28,29)30;1-3-23(10-8-18(9-11-23)30-13-17(14-30)24(25,26)27)31-15-20(22(28)32)21(29-31)12-16-4-6-19(7-5-16)35(2,33)34;1-2-22(8-11-28(12-9-22)19(30)7-10-25)29-14-17(20(26)31)18(27-29)13-15-3-5-16(6-4-15)34(32,33)21(23)24/h5-8,18,20-21H,3-4,9-13,15-17H2,1-2H3,(H2,32,36);4-7,15,17-18H,3,8-14H2,1-2H3,(H2,28,32);3-6,14,21H,2,7-9,11-13H2,1H3,(H2,26,31). The van der Waals surface area contributed by atoms with E-state index in [-0.39, 0.29) is 105 Å². The topological polar surface area (TPSA) is 361 Å². The molecular formula is C73H91F8N14O11PS2. The minimum atomic E-state index is -4.70. The van der Waals surface area contributed by atoms with E-state index < -0.39 is 90.9 Å². The zero-order valence-corrected chi connectivity index (χ0v) is 63.7. The molecule has 2 saturated carbocycles. The van der Waals surface area contributed by atoms with Crippen molar-refractivity contribution >= 4 is 56.2 Å². The van der Waals surface area contributed by atoms with Crippen LogP contribution in [0.15, 0.2) is 101 Å². The van der Waals surface area contributed by atoms with Crippen LogP contribution in [0, 0.1) is 34.5 Å². The number of aromatic nitrogens is 6. The summed E-state index contributed by atoms with van der Waals surface area (Å²) in [6, 6.07) is 22.6. The van der Waals surface area contributed by atoms with E-state index in [1.165, 1.54) is 24.3 Å². The third kappa shape index (κ3) is 19.5. The van der Waals surface area contributed by atoms with Crippen LogP contribution >= 0.6 is 7.60 Å². The van der Waals surface area contributed by atoms with Gasteiger partial charge in [-0.3, -0.25) is 47.6 Å². The molecule has 11 rings (SSSR count). The summed E-state index contributed by atoms with van der Waals surface area (Å²) < 4.78 is 179. The summed E-state index contributed by atoms with van der Waals surface area (Å²) in [5.41, 5.74) is 19.8. The Labute approximate surface area is 627 Å². The number of rotatable bonds is 26. The molecule has 2 aliphatic carbocycles. The van der Waals surface area contributed by atoms with Crippen LogP contribution in [0.4, 0.5) is 35.1 Å². The maximum absolute atomic E-state index is 13.1. The van der Waals surface area contributed by atoms with Gasteiger partial charge in [-0.15, -0.1) is 0 Å². The number of alkyl halides is 8. The quantitative estimate of drug-likeness (QED) is 0.0335. The van der Waals surface area contributed by atoms with Crippen LogP contribution in [-0.2, 0) is 74.0 Å². The van der Waals surface area contributed by atoms with E-state index in [0.29, 0.717) is 98.0 Å². The van der Waals surface area contributed by atoms with Gasteiger partial charge in [-0.2, -0.15) is 60.9 Å². The van der Waals surface area contributed by atoms with Gasteiger partial charge in [-0.1, -0.05) is 50.2 Å². The van der Waals surface area contributed by atoms with Crippen LogP contribution in [0.2, 0.25) is 0 Å². The van der Waals surface area contributed by atoms with Crippen LogP contribution in [0.1, 0.15) is 182 Å². The van der Waals surface area contributed by atoms with E-state index in [0.717, 1.165) is 61.6 Å². The van der Waals surface area contributed by atoms with Gasteiger partial charge in [0.2, 0.25) is 15.7 Å². The van der Waals surface area contributed by atoms with Crippen LogP contribution < -0.4 is 22.5 Å². The monoisotopic (exact) mass is 1590 g/mol. The van der Waals surface area contributed by atoms with E-state index in [9.17, 15) is 81.0 Å². The van der Waals surface area contributed by atoms with Crippen molar-refractivity contribution in [1.82, 2.24) is 44.0 Å². The highest BCUT2D eigenvalue weighted by Gasteiger charge is 2.52. The Balaban J connectivity index is 0.000000189. The van der Waals surface area contributed by atoms with E-state index in [4.69, 9.17) is 41.7 Å². The molecule has 5 aliphatic rings. The van der Waals surface area contributed by atoms with Crippen LogP contribution in [0.3, 0.4) is 0 Å². The summed E-state index contributed by atoms with van der Waals surface area (Å²) in [5.74, 6) is -8.13. The summed E-state index contributed by atoms with van der Waals surface area (Å²) >= 11 is 0. The number of hydrogen-bond donors (Lipinski definition) is 3. The number of nitriles is 2. The molecule has 6 N–H and O–H groups in total. The maximum Gasteiger partial charge on any atom is 0.394 e. The molecule has 0 bridgehead atoms. The van der Waals surface area contributed by atoms with E-state index in [2.05, 4.69) is 18.1 Å². The average Bonchev–Trinajstić information content (AvgIpc) is 1.74. The normalized spacial score (nSPS) is 21.0. The summed E-state index contributed by atoms with van der Waals surface area (Å²) in [5, 5.41) is 32.9. The number of hydrogen-bond acceptors (Lipinski definition) is 18. The van der Waals surface area contributed by atoms with Gasteiger partial charge in [0.05, 0.1) is 109 Å². The molecule has 25 nitrogen and oxygen atoms in total. The highest BCUT2D eigenvalue weighted by Crippen LogP contribution is 2.48. The Kier molecular flexibility index (Phi) is 26.7. The molecule has 36 heteroatoms. The van der Waals surface area contributed by atoms with E-state index >= 15 is 0 Å². The molecule has 5 fully saturated rings. The predicted molar refractivity (Wildman–Crippen MR) is 384 cm³/mol. The van der Waals surface area contributed by atoms with Crippen molar-refractivity contribution < 1.29 is 84.7 Å². The number of halogens is 8.